The number of amides is 2. The summed E-state index contributed by atoms with van der Waals surface area (Å²) in [5, 5.41) is 12.6. The largest absolute Gasteiger partial charge is 0.400 e. The summed E-state index contributed by atoms with van der Waals surface area (Å²) >= 11 is 0. The van der Waals surface area contributed by atoms with Crippen LogP contribution in [0.5, 0.6) is 0 Å². The molecule has 3 N–H and O–H groups in total. The van der Waals surface area contributed by atoms with E-state index in [1.165, 1.54) is 0 Å². The number of urea groups is 1. The second-order valence-corrected chi connectivity index (χ2v) is 3.58. The highest BCUT2D eigenvalue weighted by Gasteiger charge is 2.03. The average Bonchev–Trinajstić information content (AvgIpc) is 2.70. The van der Waals surface area contributed by atoms with E-state index >= 15 is 0 Å². The highest BCUT2D eigenvalue weighted by atomic mass is 16.2. The van der Waals surface area contributed by atoms with E-state index in [-0.39, 0.29) is 8.88 Å². The molecule has 0 aliphatic heterocycles. The van der Waals surface area contributed by atoms with E-state index in [2.05, 4.69) is 16.7 Å². The SMILES string of the molecule is CC.CC.CC.CO.O=C(NC1=CCCC=C1)Nc1ccccc1.[HH].[HH]. The molecule has 4 heteroatoms. The Bertz CT molecular complexity index is 437. The zero-order valence-electron chi connectivity index (χ0n) is 16.4. The minimum atomic E-state index is -0.205. The van der Waals surface area contributed by atoms with Crippen LogP contribution in [0.3, 0.4) is 0 Å². The van der Waals surface area contributed by atoms with Crippen molar-refractivity contribution in [3.8, 4) is 0 Å². The molecule has 0 aromatic heterocycles. The lowest BCUT2D eigenvalue weighted by Crippen LogP contribution is -2.27. The van der Waals surface area contributed by atoms with Gasteiger partial charge in [0.2, 0.25) is 0 Å². The van der Waals surface area contributed by atoms with Crippen molar-refractivity contribution < 1.29 is 12.8 Å². The second kappa shape index (κ2) is 23.2. The number of carbonyl (C=O) groups is 1. The number of anilines is 1. The van der Waals surface area contributed by atoms with Crippen LogP contribution in [0.4, 0.5) is 10.5 Å². The lowest BCUT2D eigenvalue weighted by atomic mass is 10.1. The highest BCUT2D eigenvalue weighted by Crippen LogP contribution is 2.08. The molecular formula is C20H40N2O2. The van der Waals surface area contributed by atoms with Gasteiger partial charge >= 0.3 is 6.03 Å². The van der Waals surface area contributed by atoms with Crippen molar-refractivity contribution in [3.05, 3.63) is 54.3 Å². The quantitative estimate of drug-likeness (QED) is 0.598. The summed E-state index contributed by atoms with van der Waals surface area (Å²) in [6.45, 7) is 12.0. The topological polar surface area (TPSA) is 61.4 Å². The molecule has 0 heterocycles. The Morgan fingerprint density at radius 3 is 1.92 bits per heavy atom. The first kappa shape index (κ1) is 26.8. The van der Waals surface area contributed by atoms with Crippen molar-refractivity contribution in [2.24, 2.45) is 0 Å². The van der Waals surface area contributed by atoms with E-state index in [4.69, 9.17) is 5.11 Å². The maximum absolute atomic E-state index is 11.6. The summed E-state index contributed by atoms with van der Waals surface area (Å²) in [6, 6.07) is 9.18. The molecule has 0 unspecified atom stereocenters. The van der Waals surface area contributed by atoms with Crippen molar-refractivity contribution in [1.82, 2.24) is 5.32 Å². The van der Waals surface area contributed by atoms with E-state index in [0.29, 0.717) is 0 Å². The Balaban J connectivity index is -0.000000131. The van der Waals surface area contributed by atoms with Gasteiger partial charge in [0.15, 0.2) is 0 Å². The van der Waals surface area contributed by atoms with Gasteiger partial charge < -0.3 is 15.7 Å². The maximum Gasteiger partial charge on any atom is 0.323 e. The Morgan fingerprint density at radius 2 is 1.46 bits per heavy atom. The third-order valence-corrected chi connectivity index (χ3v) is 2.28. The number of carbonyl (C=O) groups excluding carboxylic acids is 1. The molecule has 24 heavy (non-hydrogen) atoms. The number of para-hydroxylation sites is 1. The fourth-order valence-corrected chi connectivity index (χ4v) is 1.52. The van der Waals surface area contributed by atoms with Gasteiger partial charge in [0, 0.05) is 21.3 Å². The fraction of sp³-hybridized carbons (Fsp3) is 0.450. The number of rotatable bonds is 2. The second-order valence-electron chi connectivity index (χ2n) is 3.58. The van der Waals surface area contributed by atoms with Gasteiger partial charge in [-0.2, -0.15) is 0 Å². The molecule has 4 nitrogen and oxygen atoms in total. The molecule has 1 aliphatic carbocycles. The molecule has 0 saturated heterocycles. The first-order chi connectivity index (χ1) is 11.8. The molecule has 1 aromatic carbocycles. The van der Waals surface area contributed by atoms with Crippen LogP contribution in [0.25, 0.3) is 0 Å². The van der Waals surface area contributed by atoms with Gasteiger partial charge in [-0.05, 0) is 31.1 Å². The van der Waals surface area contributed by atoms with E-state index in [0.717, 1.165) is 31.3 Å². The number of hydrogen-bond acceptors (Lipinski definition) is 2. The standard InChI is InChI=1S/C13H14N2O.3C2H6.CH4O.2H2/c16-13(14-11-7-3-1-4-8-11)15-12-9-5-2-6-10-12;4*1-2;;/h1,3-5,7-10H,2,6H2,(H2,14,15,16);3*1-2H3;2H,1H3;2*1H. The molecule has 0 bridgehead atoms. The van der Waals surface area contributed by atoms with E-state index in [1.807, 2.05) is 84.0 Å². The molecule has 142 valence electrons. The first-order valence-corrected chi connectivity index (χ1v) is 8.79. The third kappa shape index (κ3) is 14.9. The Kier molecular flexibility index (Phi) is 25.9. The molecule has 0 atom stereocenters. The lowest BCUT2D eigenvalue weighted by molar-refractivity contribution is 0.254. The monoisotopic (exact) mass is 340 g/mol. The molecule has 2 rings (SSSR count). The summed E-state index contributed by atoms with van der Waals surface area (Å²) in [6.07, 6.45) is 8.03. The van der Waals surface area contributed by atoms with Gasteiger partial charge in [-0.25, -0.2) is 4.79 Å². The smallest absolute Gasteiger partial charge is 0.323 e. The van der Waals surface area contributed by atoms with Crippen LogP contribution in [0.2, 0.25) is 0 Å². The fourth-order valence-electron chi connectivity index (χ4n) is 1.52. The molecule has 1 aliphatic rings. The summed E-state index contributed by atoms with van der Waals surface area (Å²) in [7, 11) is 1.00. The normalized spacial score (nSPS) is 10.4. The van der Waals surface area contributed by atoms with E-state index in [1.54, 1.807) is 0 Å². The maximum atomic E-state index is 11.6. The Labute approximate surface area is 151 Å². The number of nitrogens with one attached hydrogen (secondary N) is 2. The van der Waals surface area contributed by atoms with Crippen LogP contribution in [-0.4, -0.2) is 18.2 Å². The van der Waals surface area contributed by atoms with Crippen molar-refractivity contribution in [3.63, 3.8) is 0 Å². The molecule has 0 saturated carbocycles. The van der Waals surface area contributed by atoms with E-state index < -0.39 is 0 Å². The number of hydrogen-bond donors (Lipinski definition) is 3. The molecule has 1 aromatic rings. The van der Waals surface area contributed by atoms with Crippen molar-refractivity contribution in [1.29, 1.82) is 0 Å². The van der Waals surface area contributed by atoms with Crippen LogP contribution in [0, 0.1) is 0 Å². The zero-order chi connectivity index (χ0) is 19.2. The lowest BCUT2D eigenvalue weighted by Gasteiger charge is -2.10. The van der Waals surface area contributed by atoms with Crippen LogP contribution < -0.4 is 10.6 Å². The van der Waals surface area contributed by atoms with Crippen molar-refractivity contribution >= 4 is 11.7 Å². The third-order valence-electron chi connectivity index (χ3n) is 2.28. The van der Waals surface area contributed by atoms with Gasteiger partial charge in [-0.3, -0.25) is 0 Å². The predicted octanol–water partition coefficient (Wildman–Crippen LogP) is 6.22. The van der Waals surface area contributed by atoms with Crippen molar-refractivity contribution in [2.75, 3.05) is 12.4 Å². The van der Waals surface area contributed by atoms with Crippen LogP contribution in [0.15, 0.2) is 54.3 Å². The minimum Gasteiger partial charge on any atom is -0.400 e. The Morgan fingerprint density at radius 1 is 0.917 bits per heavy atom. The number of allylic oxidation sites excluding steroid dienone is 3. The Hall–Kier alpha value is -2.07. The van der Waals surface area contributed by atoms with Gasteiger partial charge in [0.05, 0.1) is 0 Å². The van der Waals surface area contributed by atoms with Gasteiger partial charge in [-0.15, -0.1) is 0 Å². The van der Waals surface area contributed by atoms with Crippen LogP contribution in [-0.2, 0) is 0 Å². The van der Waals surface area contributed by atoms with Gasteiger partial charge in [-0.1, -0.05) is 71.9 Å². The molecule has 2 amide bonds. The molecule has 0 radical (unpaired) electrons. The first-order valence-electron chi connectivity index (χ1n) is 8.79. The molecular weight excluding hydrogens is 300 g/mol. The zero-order valence-corrected chi connectivity index (χ0v) is 16.4. The molecule has 0 fully saturated rings. The van der Waals surface area contributed by atoms with E-state index in [9.17, 15) is 4.79 Å². The van der Waals surface area contributed by atoms with Crippen LogP contribution >= 0.6 is 0 Å². The highest BCUT2D eigenvalue weighted by molar-refractivity contribution is 5.90. The number of aliphatic hydroxyl groups excluding tert-OH is 1. The predicted molar refractivity (Wildman–Crippen MR) is 111 cm³/mol. The summed E-state index contributed by atoms with van der Waals surface area (Å²) < 4.78 is 0. The number of benzene rings is 1. The number of aliphatic hydroxyl groups is 1. The minimum absolute atomic E-state index is 0. The van der Waals surface area contributed by atoms with Gasteiger partial charge in [0.25, 0.3) is 0 Å². The summed E-state index contributed by atoms with van der Waals surface area (Å²) in [4.78, 5) is 11.6. The van der Waals surface area contributed by atoms with Crippen molar-refractivity contribution in [2.45, 2.75) is 54.4 Å². The van der Waals surface area contributed by atoms with Crippen LogP contribution in [0.1, 0.15) is 57.2 Å². The summed E-state index contributed by atoms with van der Waals surface area (Å²) in [5.74, 6) is 0. The van der Waals surface area contributed by atoms with Gasteiger partial charge in [0.1, 0.15) is 0 Å². The molecule has 0 spiro atoms. The summed E-state index contributed by atoms with van der Waals surface area (Å²) in [5.41, 5.74) is 1.65. The average molecular weight is 341 g/mol.